The highest BCUT2D eigenvalue weighted by molar-refractivity contribution is 9.09. The van der Waals surface area contributed by atoms with E-state index < -0.39 is 35.0 Å². The van der Waals surface area contributed by atoms with Gasteiger partial charge in [-0.15, -0.1) is 0 Å². The summed E-state index contributed by atoms with van der Waals surface area (Å²) in [4.78, 5) is 53.6. The lowest BCUT2D eigenvalue weighted by atomic mass is 9.87. The van der Waals surface area contributed by atoms with Crippen LogP contribution < -0.4 is 4.74 Å². The van der Waals surface area contributed by atoms with Crippen LogP contribution in [-0.2, 0) is 9.53 Å². The van der Waals surface area contributed by atoms with Crippen molar-refractivity contribution in [3.63, 3.8) is 0 Å². The number of nitro groups is 1. The van der Waals surface area contributed by atoms with E-state index in [9.17, 15) is 24.5 Å². The Bertz CT molecular complexity index is 1320. The van der Waals surface area contributed by atoms with Crippen LogP contribution in [0.15, 0.2) is 52.1 Å². The van der Waals surface area contributed by atoms with Gasteiger partial charge >= 0.3 is 18.1 Å². The van der Waals surface area contributed by atoms with E-state index in [1.54, 1.807) is 12.1 Å². The second-order valence-electron chi connectivity index (χ2n) is 6.97. The number of amides is 3. The molecule has 0 radical (unpaired) electrons. The number of urea groups is 1. The molecule has 0 saturated carbocycles. The van der Waals surface area contributed by atoms with Crippen molar-refractivity contribution in [1.29, 1.82) is 0 Å². The lowest BCUT2D eigenvalue weighted by Gasteiger charge is -2.36. The Morgan fingerprint density at radius 2 is 1.88 bits per heavy atom. The molecule has 0 saturated heterocycles. The van der Waals surface area contributed by atoms with Gasteiger partial charge < -0.3 is 9.47 Å². The molecular formula is C20H14BrN5O8. The number of carbonyl (C=O) groups excluding carboxylic acids is 3. The van der Waals surface area contributed by atoms with Gasteiger partial charge in [-0.3, -0.25) is 14.9 Å². The maximum absolute atomic E-state index is 13.1. The number of alkyl halides is 1. The smallest absolute Gasteiger partial charge is 0.424 e. The third-order valence-corrected chi connectivity index (χ3v) is 5.63. The monoisotopic (exact) mass is 531 g/mol. The molecule has 1 aliphatic rings. The molecule has 3 amide bonds. The second-order valence-corrected chi connectivity index (χ2v) is 7.53. The molecule has 4 rings (SSSR count). The lowest BCUT2D eigenvalue weighted by Crippen LogP contribution is -2.51. The first-order valence-electron chi connectivity index (χ1n) is 9.57. The van der Waals surface area contributed by atoms with E-state index in [1.807, 2.05) is 0 Å². The molecule has 1 aliphatic heterocycles. The molecule has 2 atom stereocenters. The molecule has 1 aromatic heterocycles. The summed E-state index contributed by atoms with van der Waals surface area (Å²) in [7, 11) is 1.17. The molecule has 0 bridgehead atoms. The van der Waals surface area contributed by atoms with E-state index in [0.717, 1.165) is 12.1 Å². The van der Waals surface area contributed by atoms with Gasteiger partial charge in [-0.05, 0) is 40.1 Å². The number of benzene rings is 2. The summed E-state index contributed by atoms with van der Waals surface area (Å²) in [5.41, 5.74) is 1.05. The van der Waals surface area contributed by atoms with E-state index >= 15 is 0 Å². The SMILES string of the molecule is COC(=O)C1C(CBr)=NC(=O)N(C(=O)Oc2ccc([N+](=O)[O-])cc2)C1c1ccc2nonc2c1. The van der Waals surface area contributed by atoms with Crippen molar-refractivity contribution in [2.24, 2.45) is 10.9 Å². The fraction of sp³-hybridized carbons (Fsp3) is 0.200. The molecule has 14 heteroatoms. The first-order valence-corrected chi connectivity index (χ1v) is 10.7. The number of carbonyl (C=O) groups is 3. The van der Waals surface area contributed by atoms with Crippen molar-refractivity contribution in [2.75, 3.05) is 12.4 Å². The van der Waals surface area contributed by atoms with Crippen LogP contribution in [-0.4, -0.2) is 56.4 Å². The van der Waals surface area contributed by atoms with Crippen LogP contribution in [0.3, 0.4) is 0 Å². The number of halogens is 1. The Morgan fingerprint density at radius 1 is 1.18 bits per heavy atom. The van der Waals surface area contributed by atoms with Crippen molar-refractivity contribution in [2.45, 2.75) is 6.04 Å². The average Bonchev–Trinajstić information content (AvgIpc) is 3.31. The number of ether oxygens (including phenoxy) is 2. The lowest BCUT2D eigenvalue weighted by molar-refractivity contribution is -0.384. The van der Waals surface area contributed by atoms with Crippen LogP contribution in [0.25, 0.3) is 11.0 Å². The molecule has 2 unspecified atom stereocenters. The minimum absolute atomic E-state index is 0.0526. The van der Waals surface area contributed by atoms with E-state index in [-0.39, 0.29) is 22.5 Å². The third kappa shape index (κ3) is 4.22. The van der Waals surface area contributed by atoms with Crippen LogP contribution in [0.4, 0.5) is 15.3 Å². The zero-order valence-electron chi connectivity index (χ0n) is 17.3. The Labute approximate surface area is 198 Å². The zero-order valence-corrected chi connectivity index (χ0v) is 18.9. The van der Waals surface area contributed by atoms with Crippen LogP contribution in [0, 0.1) is 16.0 Å². The van der Waals surface area contributed by atoms with Gasteiger partial charge in [-0.25, -0.2) is 24.1 Å². The Kier molecular flexibility index (Phi) is 6.32. The standard InChI is InChI=1S/C20H14BrN5O8/c1-32-18(27)16-15(9-21)22-19(28)25(17(16)10-2-7-13-14(8-10)24-34-23-13)20(29)33-12-5-3-11(4-6-12)26(30)31/h2-8,16-17H,9H2,1H3. The number of hydrogen-bond donors (Lipinski definition) is 0. The number of esters is 1. The van der Waals surface area contributed by atoms with Gasteiger partial charge in [0, 0.05) is 17.5 Å². The molecule has 0 fully saturated rings. The van der Waals surface area contributed by atoms with Crippen LogP contribution in [0.5, 0.6) is 5.75 Å². The zero-order chi connectivity index (χ0) is 24.4. The highest BCUT2D eigenvalue weighted by Gasteiger charge is 2.47. The molecule has 13 nitrogen and oxygen atoms in total. The van der Waals surface area contributed by atoms with E-state index in [2.05, 4.69) is 31.2 Å². The van der Waals surface area contributed by atoms with Crippen molar-refractivity contribution >= 4 is 56.5 Å². The van der Waals surface area contributed by atoms with E-state index in [0.29, 0.717) is 21.5 Å². The van der Waals surface area contributed by atoms with Gasteiger partial charge in [0.05, 0.1) is 23.8 Å². The van der Waals surface area contributed by atoms with Crippen molar-refractivity contribution in [1.82, 2.24) is 15.2 Å². The normalized spacial score (nSPS) is 17.9. The highest BCUT2D eigenvalue weighted by Crippen LogP contribution is 2.37. The van der Waals surface area contributed by atoms with Crippen LogP contribution in [0.1, 0.15) is 11.6 Å². The molecule has 0 N–H and O–H groups in total. The number of aromatic nitrogens is 2. The molecule has 3 aromatic rings. The molecule has 0 aliphatic carbocycles. The Balaban J connectivity index is 1.77. The molecule has 2 aromatic carbocycles. The van der Waals surface area contributed by atoms with Gasteiger partial charge in [0.25, 0.3) is 5.69 Å². The van der Waals surface area contributed by atoms with Crippen molar-refractivity contribution in [3.05, 3.63) is 58.1 Å². The van der Waals surface area contributed by atoms with Crippen molar-refractivity contribution < 1.29 is 33.4 Å². The summed E-state index contributed by atoms with van der Waals surface area (Å²) in [6, 6.07) is 7.16. The molecular weight excluding hydrogens is 518 g/mol. The molecule has 174 valence electrons. The highest BCUT2D eigenvalue weighted by atomic mass is 79.9. The quantitative estimate of drug-likeness (QED) is 0.205. The van der Waals surface area contributed by atoms with Crippen LogP contribution >= 0.6 is 15.9 Å². The minimum Gasteiger partial charge on any atom is -0.468 e. The van der Waals surface area contributed by atoms with Gasteiger partial charge in [0.2, 0.25) is 0 Å². The fourth-order valence-corrected chi connectivity index (χ4v) is 3.98. The molecule has 2 heterocycles. The van der Waals surface area contributed by atoms with E-state index in [4.69, 9.17) is 14.1 Å². The number of fused-ring (bicyclic) bond motifs is 1. The maximum Gasteiger partial charge on any atom is 0.424 e. The summed E-state index contributed by atoms with van der Waals surface area (Å²) < 4.78 is 14.9. The Hall–Kier alpha value is -4.20. The van der Waals surface area contributed by atoms with Gasteiger partial charge in [0.15, 0.2) is 0 Å². The number of hydrogen-bond acceptors (Lipinski definition) is 10. The molecule has 0 spiro atoms. The number of nitro benzene ring substituents is 1. The largest absolute Gasteiger partial charge is 0.468 e. The summed E-state index contributed by atoms with van der Waals surface area (Å²) in [5, 5.41) is 18.4. The number of nitrogens with zero attached hydrogens (tertiary/aromatic N) is 5. The topological polar surface area (TPSA) is 167 Å². The number of imide groups is 1. The predicted octanol–water partition coefficient (Wildman–Crippen LogP) is 3.43. The van der Waals surface area contributed by atoms with Crippen molar-refractivity contribution in [3.8, 4) is 5.75 Å². The minimum atomic E-state index is -1.20. The van der Waals surface area contributed by atoms with Gasteiger partial charge in [-0.1, -0.05) is 22.0 Å². The number of non-ortho nitro benzene ring substituents is 1. The molecule has 34 heavy (non-hydrogen) atoms. The van der Waals surface area contributed by atoms with Gasteiger partial charge in [-0.2, -0.15) is 0 Å². The first-order chi connectivity index (χ1) is 16.3. The summed E-state index contributed by atoms with van der Waals surface area (Å²) in [6.07, 6.45) is -1.14. The third-order valence-electron chi connectivity index (χ3n) is 5.06. The maximum atomic E-state index is 13.1. The van der Waals surface area contributed by atoms with Gasteiger partial charge in [0.1, 0.15) is 22.7 Å². The first kappa shape index (κ1) is 23.0. The predicted molar refractivity (Wildman–Crippen MR) is 118 cm³/mol. The Morgan fingerprint density at radius 3 is 2.53 bits per heavy atom. The van der Waals surface area contributed by atoms with E-state index in [1.165, 1.54) is 25.3 Å². The van der Waals surface area contributed by atoms with Crippen LogP contribution in [0.2, 0.25) is 0 Å². The average molecular weight is 532 g/mol. The summed E-state index contributed by atoms with van der Waals surface area (Å²) >= 11 is 3.22. The number of methoxy groups -OCH3 is 1. The number of aliphatic imine (C=N–C) groups is 1. The fourth-order valence-electron chi connectivity index (χ4n) is 3.50. The second kappa shape index (κ2) is 9.35. The summed E-state index contributed by atoms with van der Waals surface area (Å²) in [6.45, 7) is 0. The summed E-state index contributed by atoms with van der Waals surface area (Å²) in [5.74, 6) is -1.94. The number of rotatable bonds is 5.